The molecule has 0 atom stereocenters. The molecule has 0 fully saturated rings. The molecule has 2 rings (SSSR count). The summed E-state index contributed by atoms with van der Waals surface area (Å²) in [6.07, 6.45) is 5.02. The van der Waals surface area contributed by atoms with Gasteiger partial charge in [-0.2, -0.15) is 0 Å². The fourth-order valence-corrected chi connectivity index (χ4v) is 1.52. The summed E-state index contributed by atoms with van der Waals surface area (Å²) in [6, 6.07) is 7.91. The molecule has 0 radical (unpaired) electrons. The summed E-state index contributed by atoms with van der Waals surface area (Å²) in [5.74, 6) is 0.346. The molecule has 2 heteroatoms. The lowest BCUT2D eigenvalue weighted by atomic mass is 10.0. The highest BCUT2D eigenvalue weighted by molar-refractivity contribution is 6.05. The lowest BCUT2D eigenvalue weighted by Crippen LogP contribution is -2.08. The van der Waals surface area contributed by atoms with E-state index in [2.05, 4.69) is 0 Å². The molecular weight excluding hydrogens is 188 g/mol. The average molecular weight is 200 g/mol. The summed E-state index contributed by atoms with van der Waals surface area (Å²) in [5.41, 5.74) is 2.19. The SMILES string of the molecule is C/C=C/C(=O)C1=Cc2ccccc2CO1. The number of fused-ring (bicyclic) bond motifs is 1. The van der Waals surface area contributed by atoms with Crippen LogP contribution in [0.5, 0.6) is 0 Å². The van der Waals surface area contributed by atoms with Crippen molar-refractivity contribution in [2.24, 2.45) is 0 Å². The molecule has 15 heavy (non-hydrogen) atoms. The van der Waals surface area contributed by atoms with Gasteiger partial charge in [0.1, 0.15) is 6.61 Å². The van der Waals surface area contributed by atoms with Gasteiger partial charge in [-0.25, -0.2) is 0 Å². The minimum Gasteiger partial charge on any atom is -0.485 e. The number of rotatable bonds is 2. The Balaban J connectivity index is 2.33. The Hall–Kier alpha value is -1.83. The number of carbonyl (C=O) groups excluding carboxylic acids is 1. The third-order valence-electron chi connectivity index (χ3n) is 2.29. The van der Waals surface area contributed by atoms with E-state index < -0.39 is 0 Å². The van der Waals surface area contributed by atoms with Crippen molar-refractivity contribution in [1.82, 2.24) is 0 Å². The van der Waals surface area contributed by atoms with Crippen molar-refractivity contribution in [3.63, 3.8) is 0 Å². The van der Waals surface area contributed by atoms with Crippen LogP contribution in [0.2, 0.25) is 0 Å². The maximum absolute atomic E-state index is 11.5. The molecule has 0 saturated carbocycles. The minimum absolute atomic E-state index is 0.0768. The molecule has 1 aromatic rings. The molecule has 1 aliphatic rings. The van der Waals surface area contributed by atoms with Crippen molar-refractivity contribution in [3.8, 4) is 0 Å². The molecule has 2 nitrogen and oxygen atoms in total. The Morgan fingerprint density at radius 2 is 2.20 bits per heavy atom. The minimum atomic E-state index is -0.0768. The summed E-state index contributed by atoms with van der Waals surface area (Å²) in [4.78, 5) is 11.5. The first-order valence-electron chi connectivity index (χ1n) is 4.90. The van der Waals surface area contributed by atoms with E-state index >= 15 is 0 Å². The third kappa shape index (κ3) is 1.99. The van der Waals surface area contributed by atoms with Crippen molar-refractivity contribution in [3.05, 3.63) is 53.3 Å². The molecule has 1 aliphatic heterocycles. The van der Waals surface area contributed by atoms with Crippen LogP contribution in [0.3, 0.4) is 0 Å². The summed E-state index contributed by atoms with van der Waals surface area (Å²) >= 11 is 0. The lowest BCUT2D eigenvalue weighted by Gasteiger charge is -2.15. The number of carbonyl (C=O) groups is 1. The van der Waals surface area contributed by atoms with Gasteiger partial charge in [0, 0.05) is 0 Å². The van der Waals surface area contributed by atoms with Gasteiger partial charge in [-0.05, 0) is 30.2 Å². The summed E-state index contributed by atoms with van der Waals surface area (Å²) in [5, 5.41) is 0. The van der Waals surface area contributed by atoms with Crippen LogP contribution < -0.4 is 0 Å². The van der Waals surface area contributed by atoms with Crippen LogP contribution in [-0.4, -0.2) is 5.78 Å². The van der Waals surface area contributed by atoms with Crippen LogP contribution in [0, 0.1) is 0 Å². The quantitative estimate of drug-likeness (QED) is 0.686. The maximum atomic E-state index is 11.5. The molecule has 1 heterocycles. The maximum Gasteiger partial charge on any atom is 0.220 e. The van der Waals surface area contributed by atoms with Gasteiger partial charge in [0.05, 0.1) is 0 Å². The standard InChI is InChI=1S/C13H12O2/c1-2-5-12(14)13-8-10-6-3-4-7-11(10)9-15-13/h2-8H,9H2,1H3/b5-2+. The monoisotopic (exact) mass is 200 g/mol. The fourth-order valence-electron chi connectivity index (χ4n) is 1.52. The molecule has 0 saturated heterocycles. The highest BCUT2D eigenvalue weighted by Crippen LogP contribution is 2.21. The molecule has 1 aromatic carbocycles. The zero-order valence-corrected chi connectivity index (χ0v) is 8.57. The number of allylic oxidation sites excluding steroid dienone is 2. The van der Waals surface area contributed by atoms with Crippen LogP contribution in [0.1, 0.15) is 18.1 Å². The van der Waals surface area contributed by atoms with Crippen LogP contribution >= 0.6 is 0 Å². The van der Waals surface area contributed by atoms with Gasteiger partial charge in [0.15, 0.2) is 5.76 Å². The zero-order valence-electron chi connectivity index (χ0n) is 8.57. The largest absolute Gasteiger partial charge is 0.485 e. The van der Waals surface area contributed by atoms with Crippen molar-refractivity contribution >= 4 is 11.9 Å². The number of benzene rings is 1. The van der Waals surface area contributed by atoms with Gasteiger partial charge in [-0.3, -0.25) is 4.79 Å². The van der Waals surface area contributed by atoms with Crippen LogP contribution in [0.4, 0.5) is 0 Å². The van der Waals surface area contributed by atoms with Crippen LogP contribution in [0.25, 0.3) is 6.08 Å². The van der Waals surface area contributed by atoms with E-state index in [1.54, 1.807) is 12.2 Å². The Morgan fingerprint density at radius 1 is 1.40 bits per heavy atom. The van der Waals surface area contributed by atoms with Crippen LogP contribution in [-0.2, 0) is 16.1 Å². The van der Waals surface area contributed by atoms with E-state index in [1.807, 2.05) is 31.2 Å². The Bertz CT molecular complexity index is 442. The molecular formula is C13H12O2. The first kappa shape index (κ1) is 9.71. The second kappa shape index (κ2) is 4.13. The molecule has 0 N–H and O–H groups in total. The second-order valence-corrected chi connectivity index (χ2v) is 3.36. The van der Waals surface area contributed by atoms with Gasteiger partial charge in [-0.15, -0.1) is 0 Å². The van der Waals surface area contributed by atoms with Gasteiger partial charge in [0.2, 0.25) is 5.78 Å². The topological polar surface area (TPSA) is 26.3 Å². The Morgan fingerprint density at radius 3 is 3.00 bits per heavy atom. The highest BCUT2D eigenvalue weighted by Gasteiger charge is 2.14. The van der Waals surface area contributed by atoms with E-state index in [9.17, 15) is 4.79 Å². The highest BCUT2D eigenvalue weighted by atomic mass is 16.5. The Labute approximate surface area is 88.9 Å². The number of ether oxygens (including phenoxy) is 1. The fraction of sp³-hybridized carbons (Fsp3) is 0.154. The average Bonchev–Trinajstić information content (AvgIpc) is 2.29. The smallest absolute Gasteiger partial charge is 0.220 e. The lowest BCUT2D eigenvalue weighted by molar-refractivity contribution is -0.114. The molecule has 0 unspecified atom stereocenters. The third-order valence-corrected chi connectivity index (χ3v) is 2.29. The number of hydrogen-bond acceptors (Lipinski definition) is 2. The molecule has 0 aliphatic carbocycles. The summed E-state index contributed by atoms with van der Waals surface area (Å²) < 4.78 is 5.38. The van der Waals surface area contributed by atoms with Gasteiger partial charge >= 0.3 is 0 Å². The summed E-state index contributed by atoms with van der Waals surface area (Å²) in [6.45, 7) is 2.29. The van der Waals surface area contributed by atoms with Gasteiger partial charge < -0.3 is 4.74 Å². The van der Waals surface area contributed by atoms with Gasteiger partial charge in [-0.1, -0.05) is 30.3 Å². The molecule has 0 aromatic heterocycles. The van der Waals surface area contributed by atoms with Gasteiger partial charge in [0.25, 0.3) is 0 Å². The van der Waals surface area contributed by atoms with E-state index in [-0.39, 0.29) is 5.78 Å². The first-order valence-corrected chi connectivity index (χ1v) is 4.90. The molecule has 0 spiro atoms. The van der Waals surface area contributed by atoms with Crippen molar-refractivity contribution in [1.29, 1.82) is 0 Å². The van der Waals surface area contributed by atoms with E-state index in [0.29, 0.717) is 12.4 Å². The van der Waals surface area contributed by atoms with Crippen molar-refractivity contribution in [2.45, 2.75) is 13.5 Å². The predicted octanol–water partition coefficient (Wildman–Crippen LogP) is 2.70. The van der Waals surface area contributed by atoms with E-state index in [1.165, 1.54) is 6.08 Å². The van der Waals surface area contributed by atoms with Crippen molar-refractivity contribution in [2.75, 3.05) is 0 Å². The summed E-state index contributed by atoms with van der Waals surface area (Å²) in [7, 11) is 0. The van der Waals surface area contributed by atoms with Crippen LogP contribution in [0.15, 0.2) is 42.2 Å². The zero-order chi connectivity index (χ0) is 10.7. The van der Waals surface area contributed by atoms with E-state index in [4.69, 9.17) is 4.74 Å². The molecule has 0 bridgehead atoms. The van der Waals surface area contributed by atoms with E-state index in [0.717, 1.165) is 11.1 Å². The first-order chi connectivity index (χ1) is 7.31. The van der Waals surface area contributed by atoms with Crippen molar-refractivity contribution < 1.29 is 9.53 Å². The molecule has 0 amide bonds. The molecule has 76 valence electrons. The second-order valence-electron chi connectivity index (χ2n) is 3.36. The Kier molecular flexibility index (Phi) is 2.68. The predicted molar refractivity (Wildman–Crippen MR) is 59.0 cm³/mol. The number of ketones is 1. The number of hydrogen-bond donors (Lipinski definition) is 0. The normalized spacial score (nSPS) is 14.3.